The van der Waals surface area contributed by atoms with Crippen LogP contribution in [0.25, 0.3) is 22.3 Å². The van der Waals surface area contributed by atoms with Gasteiger partial charge in [0.25, 0.3) is 0 Å². The number of rotatable bonds is 3. The van der Waals surface area contributed by atoms with Crippen LogP contribution in [-0.2, 0) is 0 Å². The molecule has 0 bridgehead atoms. The summed E-state index contributed by atoms with van der Waals surface area (Å²) in [4.78, 5) is 16.7. The Labute approximate surface area is 135 Å². The number of fused-ring (bicyclic) bond motifs is 1. The summed E-state index contributed by atoms with van der Waals surface area (Å²) in [7, 11) is 0. The van der Waals surface area contributed by atoms with E-state index in [-0.39, 0.29) is 0 Å². The molecular formula is C18H21N5. The summed E-state index contributed by atoms with van der Waals surface area (Å²) in [5.74, 6) is 0.729. The molecule has 1 aliphatic carbocycles. The van der Waals surface area contributed by atoms with Gasteiger partial charge in [0, 0.05) is 35.6 Å². The van der Waals surface area contributed by atoms with Crippen molar-refractivity contribution in [1.29, 1.82) is 0 Å². The molecule has 1 saturated carbocycles. The molecule has 2 N–H and O–H groups in total. The maximum Gasteiger partial charge on any atom is 0.223 e. The number of hydrogen-bond acceptors (Lipinski definition) is 4. The van der Waals surface area contributed by atoms with Crippen LogP contribution in [0.4, 0.5) is 5.95 Å². The fourth-order valence-corrected chi connectivity index (χ4v) is 3.35. The summed E-state index contributed by atoms with van der Waals surface area (Å²) in [6.07, 6.45) is 13.3. The molecule has 0 amide bonds. The Balaban J connectivity index is 1.61. The molecule has 118 valence electrons. The topological polar surface area (TPSA) is 66.5 Å². The Morgan fingerprint density at radius 1 is 1.00 bits per heavy atom. The van der Waals surface area contributed by atoms with Gasteiger partial charge in [-0.05, 0) is 31.0 Å². The van der Waals surface area contributed by atoms with E-state index in [1.807, 2.05) is 24.5 Å². The molecule has 0 radical (unpaired) electrons. The molecule has 3 aromatic heterocycles. The van der Waals surface area contributed by atoms with Crippen molar-refractivity contribution in [2.45, 2.75) is 44.6 Å². The van der Waals surface area contributed by atoms with Crippen LogP contribution in [0, 0.1) is 0 Å². The molecule has 3 heterocycles. The highest BCUT2D eigenvalue weighted by molar-refractivity contribution is 5.92. The lowest BCUT2D eigenvalue weighted by atomic mass is 10.1. The quantitative estimate of drug-likeness (QED) is 0.713. The van der Waals surface area contributed by atoms with Crippen LogP contribution in [0.5, 0.6) is 0 Å². The van der Waals surface area contributed by atoms with Gasteiger partial charge in [0.2, 0.25) is 5.95 Å². The first-order valence-electron chi connectivity index (χ1n) is 8.42. The highest BCUT2D eigenvalue weighted by Crippen LogP contribution is 2.27. The van der Waals surface area contributed by atoms with Crippen molar-refractivity contribution >= 4 is 17.0 Å². The lowest BCUT2D eigenvalue weighted by Gasteiger charge is -2.16. The second-order valence-electron chi connectivity index (χ2n) is 6.20. The van der Waals surface area contributed by atoms with E-state index in [0.717, 1.165) is 28.2 Å². The Morgan fingerprint density at radius 2 is 1.87 bits per heavy atom. The molecule has 3 aromatic rings. The minimum absolute atomic E-state index is 0.498. The minimum Gasteiger partial charge on any atom is -0.351 e. The van der Waals surface area contributed by atoms with Crippen LogP contribution in [0.15, 0.2) is 36.8 Å². The highest BCUT2D eigenvalue weighted by Gasteiger charge is 2.14. The molecule has 0 atom stereocenters. The predicted octanol–water partition coefficient (Wildman–Crippen LogP) is 4.15. The third kappa shape index (κ3) is 3.04. The van der Waals surface area contributed by atoms with E-state index < -0.39 is 0 Å². The van der Waals surface area contributed by atoms with E-state index in [1.54, 1.807) is 6.20 Å². The lowest BCUT2D eigenvalue weighted by molar-refractivity contribution is 0.615. The van der Waals surface area contributed by atoms with Crippen molar-refractivity contribution in [3.63, 3.8) is 0 Å². The first-order valence-corrected chi connectivity index (χ1v) is 8.42. The standard InChI is InChI=1S/C18H21N5/c1-2-4-7-13(6-3-1)22-18-20-11-9-16(23-18)15-12-21-17-14(15)8-5-10-19-17/h5,8-13H,1-4,6-7H2,(H,19,21)(H,20,22,23). The molecule has 0 unspecified atom stereocenters. The van der Waals surface area contributed by atoms with E-state index >= 15 is 0 Å². The van der Waals surface area contributed by atoms with Gasteiger partial charge in [0.05, 0.1) is 5.69 Å². The lowest BCUT2D eigenvalue weighted by Crippen LogP contribution is -2.19. The van der Waals surface area contributed by atoms with Gasteiger partial charge in [-0.15, -0.1) is 0 Å². The van der Waals surface area contributed by atoms with Gasteiger partial charge in [0.1, 0.15) is 5.65 Å². The Morgan fingerprint density at radius 3 is 2.74 bits per heavy atom. The molecule has 0 aromatic carbocycles. The Kier molecular flexibility index (Phi) is 3.92. The van der Waals surface area contributed by atoms with Gasteiger partial charge < -0.3 is 10.3 Å². The maximum atomic E-state index is 4.72. The molecule has 23 heavy (non-hydrogen) atoms. The predicted molar refractivity (Wildman–Crippen MR) is 92.2 cm³/mol. The number of aromatic amines is 1. The molecule has 5 heteroatoms. The zero-order valence-electron chi connectivity index (χ0n) is 13.1. The van der Waals surface area contributed by atoms with Crippen molar-refractivity contribution in [3.05, 3.63) is 36.8 Å². The third-order valence-corrected chi connectivity index (χ3v) is 4.57. The number of aromatic nitrogens is 4. The van der Waals surface area contributed by atoms with E-state index in [4.69, 9.17) is 4.98 Å². The maximum absolute atomic E-state index is 4.72. The fraction of sp³-hybridized carbons (Fsp3) is 0.389. The van der Waals surface area contributed by atoms with Gasteiger partial charge in [-0.25, -0.2) is 15.0 Å². The summed E-state index contributed by atoms with van der Waals surface area (Å²) in [5, 5.41) is 4.61. The van der Waals surface area contributed by atoms with Crippen LogP contribution >= 0.6 is 0 Å². The van der Waals surface area contributed by atoms with E-state index in [0.29, 0.717) is 6.04 Å². The number of hydrogen-bond donors (Lipinski definition) is 2. The zero-order chi connectivity index (χ0) is 15.5. The number of nitrogens with zero attached hydrogens (tertiary/aromatic N) is 3. The summed E-state index contributed by atoms with van der Waals surface area (Å²) >= 11 is 0. The largest absolute Gasteiger partial charge is 0.351 e. The smallest absolute Gasteiger partial charge is 0.223 e. The third-order valence-electron chi connectivity index (χ3n) is 4.57. The number of pyridine rings is 1. The second-order valence-corrected chi connectivity index (χ2v) is 6.20. The fourth-order valence-electron chi connectivity index (χ4n) is 3.35. The zero-order valence-corrected chi connectivity index (χ0v) is 13.1. The summed E-state index contributed by atoms with van der Waals surface area (Å²) in [6, 6.07) is 6.46. The van der Waals surface area contributed by atoms with Crippen molar-refractivity contribution in [1.82, 2.24) is 19.9 Å². The van der Waals surface area contributed by atoms with E-state index in [2.05, 4.69) is 26.3 Å². The van der Waals surface area contributed by atoms with Crippen molar-refractivity contribution in [2.75, 3.05) is 5.32 Å². The summed E-state index contributed by atoms with van der Waals surface area (Å²) in [5.41, 5.74) is 2.88. The minimum atomic E-state index is 0.498. The van der Waals surface area contributed by atoms with Crippen molar-refractivity contribution < 1.29 is 0 Å². The first kappa shape index (κ1) is 14.2. The molecule has 0 saturated heterocycles. The average Bonchev–Trinajstić information content (AvgIpc) is 2.85. The van der Waals surface area contributed by atoms with Gasteiger partial charge in [-0.3, -0.25) is 0 Å². The molecule has 1 fully saturated rings. The monoisotopic (exact) mass is 307 g/mol. The second kappa shape index (κ2) is 6.36. The molecule has 5 nitrogen and oxygen atoms in total. The number of nitrogens with one attached hydrogen (secondary N) is 2. The molecule has 1 aliphatic rings. The average molecular weight is 307 g/mol. The first-order chi connectivity index (χ1) is 11.4. The SMILES string of the molecule is c1cnc2[nH]cc(-c3ccnc(NC4CCCCCC4)n3)c2c1. The van der Waals surface area contributed by atoms with Gasteiger partial charge >= 0.3 is 0 Å². The van der Waals surface area contributed by atoms with Crippen molar-refractivity contribution in [3.8, 4) is 11.3 Å². The normalized spacial score (nSPS) is 16.3. The van der Waals surface area contributed by atoms with Crippen LogP contribution in [0.3, 0.4) is 0 Å². The van der Waals surface area contributed by atoms with E-state index in [1.165, 1.54) is 38.5 Å². The van der Waals surface area contributed by atoms with Crippen LogP contribution < -0.4 is 5.32 Å². The van der Waals surface area contributed by atoms with Crippen LogP contribution in [0.2, 0.25) is 0 Å². The van der Waals surface area contributed by atoms with Gasteiger partial charge in [-0.2, -0.15) is 0 Å². The van der Waals surface area contributed by atoms with Crippen molar-refractivity contribution in [2.24, 2.45) is 0 Å². The highest BCUT2D eigenvalue weighted by atomic mass is 15.1. The number of anilines is 1. The summed E-state index contributed by atoms with van der Waals surface area (Å²) in [6.45, 7) is 0. The van der Waals surface area contributed by atoms with Crippen LogP contribution in [-0.4, -0.2) is 26.0 Å². The molecule has 0 aliphatic heterocycles. The van der Waals surface area contributed by atoms with Gasteiger partial charge in [-0.1, -0.05) is 25.7 Å². The van der Waals surface area contributed by atoms with Crippen LogP contribution in [0.1, 0.15) is 38.5 Å². The summed E-state index contributed by atoms with van der Waals surface area (Å²) < 4.78 is 0. The molecule has 0 spiro atoms. The van der Waals surface area contributed by atoms with E-state index in [9.17, 15) is 0 Å². The Hall–Kier alpha value is -2.43. The molecule has 4 rings (SSSR count). The van der Waals surface area contributed by atoms with Gasteiger partial charge in [0.15, 0.2) is 0 Å². The number of H-pyrrole nitrogens is 1. The molecular weight excluding hydrogens is 286 g/mol. The Bertz CT molecular complexity index is 787.